The van der Waals surface area contributed by atoms with Crippen molar-refractivity contribution in [3.05, 3.63) is 61.3 Å². The predicted molar refractivity (Wildman–Crippen MR) is 89.3 cm³/mol. The maximum atomic E-state index is 12.1. The number of carbonyl (C=O) groups is 2. The first-order valence-electron chi connectivity index (χ1n) is 6.84. The van der Waals surface area contributed by atoms with Gasteiger partial charge >= 0.3 is 5.97 Å². The first kappa shape index (κ1) is 17.9. The van der Waals surface area contributed by atoms with Gasteiger partial charge in [-0.2, -0.15) is 0 Å². The Morgan fingerprint density at radius 3 is 2.71 bits per heavy atom. The van der Waals surface area contributed by atoms with Crippen LogP contribution in [0.5, 0.6) is 0 Å². The van der Waals surface area contributed by atoms with Crippen LogP contribution in [-0.2, 0) is 16.0 Å². The minimum Gasteiger partial charge on any atom is -0.481 e. The third kappa shape index (κ3) is 4.77. The Bertz CT molecular complexity index is 763. The normalized spacial score (nSPS) is 11.7. The Kier molecular flexibility index (Phi) is 5.88. The molecule has 1 amide bonds. The summed E-state index contributed by atoms with van der Waals surface area (Å²) in [7, 11) is 0. The van der Waals surface area contributed by atoms with Crippen LogP contribution < -0.4 is 5.32 Å². The van der Waals surface area contributed by atoms with Gasteiger partial charge in [0.15, 0.2) is 0 Å². The quantitative estimate of drug-likeness (QED) is 0.576. The van der Waals surface area contributed by atoms with E-state index in [4.69, 9.17) is 16.7 Å². The molecule has 0 spiro atoms. The zero-order valence-electron chi connectivity index (χ0n) is 12.3. The van der Waals surface area contributed by atoms with E-state index in [2.05, 4.69) is 5.32 Å². The van der Waals surface area contributed by atoms with Crippen LogP contribution in [0.1, 0.15) is 22.9 Å². The molecule has 1 aromatic carbocycles. The van der Waals surface area contributed by atoms with Crippen molar-refractivity contribution in [2.75, 3.05) is 0 Å². The second-order valence-electron chi connectivity index (χ2n) is 4.94. The van der Waals surface area contributed by atoms with Gasteiger partial charge in [-0.3, -0.25) is 19.7 Å². The van der Waals surface area contributed by atoms with Crippen LogP contribution in [0.2, 0.25) is 5.02 Å². The zero-order valence-corrected chi connectivity index (χ0v) is 13.8. The van der Waals surface area contributed by atoms with Gasteiger partial charge < -0.3 is 10.4 Å². The number of hydrogen-bond donors (Lipinski definition) is 2. The number of carboxylic acids is 1. The molecule has 0 aliphatic carbocycles. The molecule has 0 fully saturated rings. The minimum atomic E-state index is -1.15. The number of carboxylic acid groups (broad SMARTS) is 1. The van der Waals surface area contributed by atoms with Crippen molar-refractivity contribution in [3.8, 4) is 0 Å². The molecule has 0 unspecified atom stereocenters. The number of non-ortho nitro benzene ring substituents is 1. The summed E-state index contributed by atoms with van der Waals surface area (Å²) in [6.07, 6.45) is -0.336. The fourth-order valence-corrected chi connectivity index (χ4v) is 3.09. The van der Waals surface area contributed by atoms with E-state index in [1.54, 1.807) is 12.1 Å². The highest BCUT2D eigenvalue weighted by molar-refractivity contribution is 7.10. The molecule has 7 nitrogen and oxygen atoms in total. The number of benzene rings is 1. The molecule has 0 radical (unpaired) electrons. The van der Waals surface area contributed by atoms with Crippen molar-refractivity contribution >= 4 is 40.5 Å². The molecule has 2 aromatic rings. The number of thiophene rings is 1. The van der Waals surface area contributed by atoms with Gasteiger partial charge in [0.05, 0.1) is 23.8 Å². The highest BCUT2D eigenvalue weighted by atomic mass is 35.5. The summed E-state index contributed by atoms with van der Waals surface area (Å²) >= 11 is 7.45. The molecule has 0 saturated heterocycles. The number of halogens is 1. The number of hydrogen-bond acceptors (Lipinski definition) is 5. The molecule has 0 bridgehead atoms. The number of rotatable bonds is 7. The molecule has 24 heavy (non-hydrogen) atoms. The van der Waals surface area contributed by atoms with Crippen LogP contribution in [0.4, 0.5) is 5.69 Å². The number of amides is 1. The minimum absolute atomic E-state index is 0.0976. The maximum Gasteiger partial charge on any atom is 0.305 e. The van der Waals surface area contributed by atoms with Crippen LogP contribution in [0.15, 0.2) is 35.7 Å². The standard InChI is InChI=1S/C15H13ClN2O5S/c16-12-4-3-9(18(22)23)6-11(12)13(8-15(20)21)17-14(19)7-10-2-1-5-24-10/h1-6,13H,7-8H2,(H,17,19)(H,20,21)/t13-/m1/s1. The molecule has 126 valence electrons. The number of nitro groups is 1. The van der Waals surface area contributed by atoms with Crippen LogP contribution in [-0.4, -0.2) is 21.9 Å². The van der Waals surface area contributed by atoms with Crippen LogP contribution in [0, 0.1) is 10.1 Å². The highest BCUT2D eigenvalue weighted by Gasteiger charge is 2.23. The van der Waals surface area contributed by atoms with Crippen molar-refractivity contribution in [2.45, 2.75) is 18.9 Å². The van der Waals surface area contributed by atoms with Gasteiger partial charge in [0.2, 0.25) is 5.91 Å². The van der Waals surface area contributed by atoms with Crippen molar-refractivity contribution in [1.82, 2.24) is 5.32 Å². The molecule has 1 atom stereocenters. The van der Waals surface area contributed by atoms with E-state index < -0.39 is 23.4 Å². The summed E-state index contributed by atoms with van der Waals surface area (Å²) in [6, 6.07) is 6.35. The summed E-state index contributed by atoms with van der Waals surface area (Å²) in [6.45, 7) is 0. The average Bonchev–Trinajstić information content (AvgIpc) is 2.99. The Balaban J connectivity index is 2.24. The topological polar surface area (TPSA) is 110 Å². The lowest BCUT2D eigenvalue weighted by atomic mass is 10.0. The summed E-state index contributed by atoms with van der Waals surface area (Å²) in [5, 5.41) is 24.5. The number of carbonyl (C=O) groups excluding carboxylic acids is 1. The Hall–Kier alpha value is -2.45. The van der Waals surface area contributed by atoms with Gasteiger partial charge in [0.1, 0.15) is 0 Å². The number of nitro benzene ring substituents is 1. The molecule has 2 rings (SSSR count). The summed E-state index contributed by atoms with van der Waals surface area (Å²) in [5.74, 6) is -1.54. The second kappa shape index (κ2) is 7.89. The van der Waals surface area contributed by atoms with Gasteiger partial charge in [0, 0.05) is 27.6 Å². The lowest BCUT2D eigenvalue weighted by Crippen LogP contribution is -2.31. The summed E-state index contributed by atoms with van der Waals surface area (Å²) in [4.78, 5) is 34.3. The van der Waals surface area contributed by atoms with Gasteiger partial charge in [-0.1, -0.05) is 17.7 Å². The number of nitrogens with zero attached hydrogens (tertiary/aromatic N) is 1. The Morgan fingerprint density at radius 1 is 1.38 bits per heavy atom. The molecule has 1 heterocycles. The molecule has 0 aliphatic rings. The molecular weight excluding hydrogens is 356 g/mol. The maximum absolute atomic E-state index is 12.1. The predicted octanol–water partition coefficient (Wildman–Crippen LogP) is 3.18. The van der Waals surface area contributed by atoms with Crippen molar-refractivity contribution < 1.29 is 19.6 Å². The number of nitrogens with one attached hydrogen (secondary N) is 1. The first-order valence-corrected chi connectivity index (χ1v) is 8.10. The van der Waals surface area contributed by atoms with E-state index in [-0.39, 0.29) is 28.6 Å². The fraction of sp³-hybridized carbons (Fsp3) is 0.200. The van der Waals surface area contributed by atoms with E-state index in [0.717, 1.165) is 4.88 Å². The SMILES string of the molecule is O=C(O)C[C@@H](NC(=O)Cc1cccs1)c1cc([N+](=O)[O-])ccc1Cl. The van der Waals surface area contributed by atoms with E-state index in [1.807, 2.05) is 5.38 Å². The fourth-order valence-electron chi connectivity index (χ4n) is 2.14. The Morgan fingerprint density at radius 2 is 2.12 bits per heavy atom. The second-order valence-corrected chi connectivity index (χ2v) is 6.38. The van der Waals surface area contributed by atoms with Crippen LogP contribution in [0.3, 0.4) is 0 Å². The molecule has 0 saturated carbocycles. The molecule has 0 aliphatic heterocycles. The third-order valence-electron chi connectivity index (χ3n) is 3.19. The van der Waals surface area contributed by atoms with Gasteiger partial charge in [-0.05, 0) is 17.5 Å². The summed E-state index contributed by atoms with van der Waals surface area (Å²) < 4.78 is 0. The largest absolute Gasteiger partial charge is 0.481 e. The van der Waals surface area contributed by atoms with E-state index in [0.29, 0.717) is 0 Å². The lowest BCUT2D eigenvalue weighted by molar-refractivity contribution is -0.384. The lowest BCUT2D eigenvalue weighted by Gasteiger charge is -2.18. The van der Waals surface area contributed by atoms with Crippen molar-refractivity contribution in [1.29, 1.82) is 0 Å². The van der Waals surface area contributed by atoms with E-state index >= 15 is 0 Å². The van der Waals surface area contributed by atoms with Gasteiger partial charge in [0.25, 0.3) is 5.69 Å². The smallest absolute Gasteiger partial charge is 0.305 e. The average molecular weight is 369 g/mol. The molecular formula is C15H13ClN2O5S. The van der Waals surface area contributed by atoms with Crippen molar-refractivity contribution in [2.24, 2.45) is 0 Å². The zero-order chi connectivity index (χ0) is 17.7. The third-order valence-corrected chi connectivity index (χ3v) is 4.42. The van der Waals surface area contributed by atoms with E-state index in [1.165, 1.54) is 29.5 Å². The molecule has 9 heteroatoms. The number of aliphatic carboxylic acids is 1. The molecule has 1 aromatic heterocycles. The van der Waals surface area contributed by atoms with Crippen LogP contribution >= 0.6 is 22.9 Å². The summed E-state index contributed by atoms with van der Waals surface area (Å²) in [5.41, 5.74) is -0.0231. The Labute approximate surface area is 146 Å². The van der Waals surface area contributed by atoms with Gasteiger partial charge in [-0.25, -0.2) is 0 Å². The molecule has 2 N–H and O–H groups in total. The van der Waals surface area contributed by atoms with Crippen molar-refractivity contribution in [3.63, 3.8) is 0 Å². The highest BCUT2D eigenvalue weighted by Crippen LogP contribution is 2.29. The first-order chi connectivity index (χ1) is 11.4. The van der Waals surface area contributed by atoms with E-state index in [9.17, 15) is 19.7 Å². The van der Waals surface area contributed by atoms with Crippen LogP contribution in [0.25, 0.3) is 0 Å². The van der Waals surface area contributed by atoms with Gasteiger partial charge in [-0.15, -0.1) is 11.3 Å². The monoisotopic (exact) mass is 368 g/mol.